The Kier molecular flexibility index (Phi) is 1.64. The summed E-state index contributed by atoms with van der Waals surface area (Å²) in [6.07, 6.45) is 0.853. The van der Waals surface area contributed by atoms with Crippen LogP contribution in [0.4, 0.5) is 0 Å². The summed E-state index contributed by atoms with van der Waals surface area (Å²) in [5.74, 6) is 0. The first-order valence-electron chi connectivity index (χ1n) is 3.90. The fourth-order valence-corrected chi connectivity index (χ4v) is 1.50. The molecule has 0 saturated heterocycles. The molecule has 1 aromatic carbocycles. The molecule has 1 aliphatic rings. The van der Waals surface area contributed by atoms with Crippen molar-refractivity contribution in [1.29, 1.82) is 0 Å². The van der Waals surface area contributed by atoms with Crippen molar-refractivity contribution in [3.63, 3.8) is 0 Å². The van der Waals surface area contributed by atoms with E-state index in [-0.39, 0.29) is 6.17 Å². The normalized spacial score (nSPS) is 22.8. The summed E-state index contributed by atoms with van der Waals surface area (Å²) in [6, 6.07) is 8.17. The molecular weight excluding hydrogens is 136 g/mol. The molecule has 1 atom stereocenters. The molecule has 0 aromatic heterocycles. The standard InChI is InChI=1S/C9H11N2/c10-9-8-4-2-1-3-7(8)5-6-11-9/h1-4,9-11H,5-6H2. The number of rotatable bonds is 0. The van der Waals surface area contributed by atoms with Crippen LogP contribution in [0.2, 0.25) is 0 Å². The van der Waals surface area contributed by atoms with Crippen LogP contribution >= 0.6 is 0 Å². The third-order valence-corrected chi connectivity index (χ3v) is 2.11. The Labute approximate surface area is 66.4 Å². The number of benzene rings is 1. The highest BCUT2D eigenvalue weighted by Crippen LogP contribution is 2.18. The predicted octanol–water partition coefficient (Wildman–Crippen LogP) is 1.11. The first kappa shape index (κ1) is 6.83. The minimum absolute atomic E-state index is 0.208. The average Bonchev–Trinajstić information content (AvgIpc) is 2.06. The van der Waals surface area contributed by atoms with Gasteiger partial charge in [0.1, 0.15) is 0 Å². The Morgan fingerprint density at radius 2 is 2.18 bits per heavy atom. The van der Waals surface area contributed by atoms with Gasteiger partial charge in [0.15, 0.2) is 0 Å². The van der Waals surface area contributed by atoms with Crippen LogP contribution in [-0.4, -0.2) is 6.54 Å². The predicted molar refractivity (Wildman–Crippen MR) is 44.0 cm³/mol. The molecule has 11 heavy (non-hydrogen) atoms. The highest BCUT2D eigenvalue weighted by atomic mass is 15.0. The third-order valence-electron chi connectivity index (χ3n) is 2.11. The van der Waals surface area contributed by atoms with E-state index < -0.39 is 0 Å². The zero-order valence-corrected chi connectivity index (χ0v) is 6.30. The van der Waals surface area contributed by atoms with Crippen LogP contribution in [0.1, 0.15) is 17.3 Å². The first-order valence-corrected chi connectivity index (χ1v) is 3.90. The smallest absolute Gasteiger partial charge is 0.0966 e. The molecule has 0 aliphatic carbocycles. The van der Waals surface area contributed by atoms with E-state index in [9.17, 15) is 0 Å². The van der Waals surface area contributed by atoms with Gasteiger partial charge in [-0.1, -0.05) is 24.3 Å². The van der Waals surface area contributed by atoms with E-state index in [0.717, 1.165) is 18.5 Å². The second-order valence-electron chi connectivity index (χ2n) is 2.84. The van der Waals surface area contributed by atoms with Gasteiger partial charge in [0, 0.05) is 6.54 Å². The summed E-state index contributed by atoms with van der Waals surface area (Å²) in [4.78, 5) is 0. The lowest BCUT2D eigenvalue weighted by atomic mass is 9.99. The molecule has 1 aromatic rings. The van der Waals surface area contributed by atoms with Crippen molar-refractivity contribution in [3.8, 4) is 0 Å². The van der Waals surface area contributed by atoms with Crippen LogP contribution in [0.15, 0.2) is 24.3 Å². The zero-order chi connectivity index (χ0) is 7.68. The van der Waals surface area contributed by atoms with E-state index in [2.05, 4.69) is 11.4 Å². The minimum atomic E-state index is -0.208. The maximum atomic E-state index is 7.64. The van der Waals surface area contributed by atoms with Gasteiger partial charge in [-0.3, -0.25) is 5.32 Å². The van der Waals surface area contributed by atoms with Gasteiger partial charge in [-0.25, -0.2) is 5.73 Å². The summed E-state index contributed by atoms with van der Waals surface area (Å²) >= 11 is 0. The molecule has 0 spiro atoms. The van der Waals surface area contributed by atoms with Crippen LogP contribution in [-0.2, 0) is 6.42 Å². The Hall–Kier alpha value is -0.860. The van der Waals surface area contributed by atoms with Gasteiger partial charge in [0.2, 0.25) is 0 Å². The topological polar surface area (TPSA) is 35.8 Å². The minimum Gasteiger partial charge on any atom is -0.297 e. The van der Waals surface area contributed by atoms with Crippen molar-refractivity contribution in [2.75, 3.05) is 6.54 Å². The van der Waals surface area contributed by atoms with Crippen LogP contribution in [0, 0.1) is 0 Å². The van der Waals surface area contributed by atoms with E-state index in [1.807, 2.05) is 18.2 Å². The van der Waals surface area contributed by atoms with Crippen molar-refractivity contribution in [1.82, 2.24) is 11.1 Å². The second-order valence-corrected chi connectivity index (χ2v) is 2.84. The first-order chi connectivity index (χ1) is 5.38. The SMILES string of the molecule is [NH]C1NCCc2ccccc21. The molecule has 0 fully saturated rings. The molecule has 2 nitrogen and oxygen atoms in total. The second kappa shape index (κ2) is 2.64. The number of hydrogen-bond acceptors (Lipinski definition) is 1. The lowest BCUT2D eigenvalue weighted by Crippen LogP contribution is -2.30. The highest BCUT2D eigenvalue weighted by molar-refractivity contribution is 5.31. The third kappa shape index (κ3) is 1.15. The molecule has 1 heterocycles. The Balaban J connectivity index is 2.44. The highest BCUT2D eigenvalue weighted by Gasteiger charge is 2.14. The average molecular weight is 147 g/mol. The van der Waals surface area contributed by atoms with E-state index in [1.54, 1.807) is 0 Å². The van der Waals surface area contributed by atoms with E-state index in [1.165, 1.54) is 5.56 Å². The van der Waals surface area contributed by atoms with E-state index >= 15 is 0 Å². The maximum absolute atomic E-state index is 7.64. The summed E-state index contributed by atoms with van der Waals surface area (Å²) < 4.78 is 0. The van der Waals surface area contributed by atoms with E-state index in [0.29, 0.717) is 0 Å². The van der Waals surface area contributed by atoms with Crippen LogP contribution in [0.3, 0.4) is 0 Å². The Morgan fingerprint density at radius 1 is 1.36 bits per heavy atom. The van der Waals surface area contributed by atoms with Gasteiger partial charge in [0.25, 0.3) is 0 Å². The number of hydrogen-bond donors (Lipinski definition) is 1. The molecule has 2 N–H and O–H groups in total. The Morgan fingerprint density at radius 3 is 3.00 bits per heavy atom. The molecule has 1 aliphatic heterocycles. The van der Waals surface area contributed by atoms with Crippen LogP contribution in [0.25, 0.3) is 0 Å². The maximum Gasteiger partial charge on any atom is 0.0966 e. The molecule has 1 unspecified atom stereocenters. The van der Waals surface area contributed by atoms with Gasteiger partial charge in [-0.2, -0.15) is 0 Å². The van der Waals surface area contributed by atoms with Crippen molar-refractivity contribution in [3.05, 3.63) is 35.4 Å². The number of nitrogens with one attached hydrogen (secondary N) is 2. The van der Waals surface area contributed by atoms with Crippen molar-refractivity contribution in [2.45, 2.75) is 12.6 Å². The van der Waals surface area contributed by atoms with Crippen molar-refractivity contribution in [2.24, 2.45) is 0 Å². The molecule has 1 radical (unpaired) electrons. The van der Waals surface area contributed by atoms with E-state index in [4.69, 9.17) is 5.73 Å². The largest absolute Gasteiger partial charge is 0.297 e. The molecule has 57 valence electrons. The Bertz CT molecular complexity index is 257. The van der Waals surface area contributed by atoms with Crippen LogP contribution in [0.5, 0.6) is 0 Å². The lowest BCUT2D eigenvalue weighted by Gasteiger charge is -2.22. The molecule has 2 heteroatoms. The molecule has 0 amide bonds. The lowest BCUT2D eigenvalue weighted by molar-refractivity contribution is 0.508. The molecule has 0 saturated carbocycles. The molecular formula is C9H11N2. The molecule has 2 rings (SSSR count). The van der Waals surface area contributed by atoms with Gasteiger partial charge in [-0.05, 0) is 17.5 Å². The van der Waals surface area contributed by atoms with Gasteiger partial charge >= 0.3 is 0 Å². The zero-order valence-electron chi connectivity index (χ0n) is 6.30. The van der Waals surface area contributed by atoms with Gasteiger partial charge in [0.05, 0.1) is 6.17 Å². The van der Waals surface area contributed by atoms with Crippen molar-refractivity contribution >= 4 is 0 Å². The fraction of sp³-hybridized carbons (Fsp3) is 0.333. The summed E-state index contributed by atoms with van der Waals surface area (Å²) in [7, 11) is 0. The quantitative estimate of drug-likeness (QED) is 0.586. The fourth-order valence-electron chi connectivity index (χ4n) is 1.50. The molecule has 0 bridgehead atoms. The van der Waals surface area contributed by atoms with Crippen molar-refractivity contribution < 1.29 is 0 Å². The summed E-state index contributed by atoms with van der Waals surface area (Å²) in [5.41, 5.74) is 10.1. The van der Waals surface area contributed by atoms with Crippen LogP contribution < -0.4 is 11.1 Å². The van der Waals surface area contributed by atoms with Gasteiger partial charge < -0.3 is 0 Å². The number of fused-ring (bicyclic) bond motifs is 1. The summed E-state index contributed by atoms with van der Waals surface area (Å²) in [6.45, 7) is 0.936. The van der Waals surface area contributed by atoms with Gasteiger partial charge in [-0.15, -0.1) is 0 Å². The monoisotopic (exact) mass is 147 g/mol. The summed E-state index contributed by atoms with van der Waals surface area (Å²) in [5, 5.41) is 3.10.